The molecule has 4 rings (SSSR count). The number of rotatable bonds is 8. The highest BCUT2D eigenvalue weighted by molar-refractivity contribution is 5.87. The number of hydrogen-bond acceptors (Lipinski definition) is 6. The normalized spacial score (nSPS) is 14.5. The first-order valence-electron chi connectivity index (χ1n) is 10.9. The third kappa shape index (κ3) is 5.94. The molecule has 9 heteroatoms. The van der Waals surface area contributed by atoms with Gasteiger partial charge in [0.2, 0.25) is 5.91 Å². The van der Waals surface area contributed by atoms with Crippen LogP contribution in [-0.4, -0.2) is 57.1 Å². The van der Waals surface area contributed by atoms with Crippen LogP contribution in [0.25, 0.3) is 17.1 Å². The number of likely N-dealkylation sites (tertiary alicyclic amines) is 1. The van der Waals surface area contributed by atoms with Gasteiger partial charge in [-0.15, -0.1) is 0 Å². The zero-order valence-electron chi connectivity index (χ0n) is 18.3. The van der Waals surface area contributed by atoms with Crippen LogP contribution in [-0.2, 0) is 20.9 Å². The molecule has 174 valence electrons. The number of nitrogens with one attached hydrogen (secondary N) is 1. The van der Waals surface area contributed by atoms with E-state index >= 15 is 0 Å². The van der Waals surface area contributed by atoms with Crippen molar-refractivity contribution in [2.75, 3.05) is 13.1 Å². The van der Waals surface area contributed by atoms with Gasteiger partial charge in [0, 0.05) is 30.6 Å². The number of aromatic nitrogens is 2. The molecule has 0 bridgehead atoms. The Morgan fingerprint density at radius 1 is 1.12 bits per heavy atom. The minimum absolute atomic E-state index is 0.00915. The van der Waals surface area contributed by atoms with Gasteiger partial charge in [-0.1, -0.05) is 36.4 Å². The second-order valence-electron chi connectivity index (χ2n) is 8.01. The summed E-state index contributed by atoms with van der Waals surface area (Å²) in [4.78, 5) is 46.3. The molecule has 1 saturated heterocycles. The van der Waals surface area contributed by atoms with Gasteiger partial charge in [0.05, 0.1) is 12.1 Å². The van der Waals surface area contributed by atoms with E-state index in [2.05, 4.69) is 15.3 Å². The third-order valence-electron chi connectivity index (χ3n) is 5.47. The van der Waals surface area contributed by atoms with Crippen molar-refractivity contribution in [1.29, 1.82) is 0 Å². The number of pyridine rings is 2. The average molecular weight is 460 g/mol. The number of alkyl carbamates (subject to hydrolysis) is 1. The molecule has 1 aliphatic rings. The lowest BCUT2D eigenvalue weighted by Crippen LogP contribution is -2.52. The Morgan fingerprint density at radius 2 is 1.91 bits per heavy atom. The quantitative estimate of drug-likeness (QED) is 0.530. The Labute approximate surface area is 196 Å². The molecule has 0 spiro atoms. The summed E-state index contributed by atoms with van der Waals surface area (Å²) in [5.74, 6) is -1.48. The summed E-state index contributed by atoms with van der Waals surface area (Å²) in [5.41, 5.74) is 2.22. The molecule has 1 aromatic carbocycles. The molecule has 1 atom stereocenters. The van der Waals surface area contributed by atoms with E-state index in [1.165, 1.54) is 0 Å². The van der Waals surface area contributed by atoms with Crippen LogP contribution in [0, 0.1) is 5.92 Å². The maximum absolute atomic E-state index is 12.5. The summed E-state index contributed by atoms with van der Waals surface area (Å²) in [6.45, 7) is 0.965. The molecule has 34 heavy (non-hydrogen) atoms. The molecule has 0 aliphatic carbocycles. The summed E-state index contributed by atoms with van der Waals surface area (Å²) < 4.78 is 5.05. The molecular weight excluding hydrogens is 436 g/mol. The first-order chi connectivity index (χ1) is 16.5. The highest BCUT2D eigenvalue weighted by atomic mass is 16.5. The minimum atomic E-state index is -1.36. The van der Waals surface area contributed by atoms with E-state index in [1.807, 2.05) is 42.5 Å². The molecule has 1 aliphatic heterocycles. The summed E-state index contributed by atoms with van der Waals surface area (Å²) in [6.07, 6.45) is 4.34. The molecule has 2 N–H and O–H groups in total. The van der Waals surface area contributed by atoms with Crippen molar-refractivity contribution >= 4 is 35.1 Å². The van der Waals surface area contributed by atoms with Crippen LogP contribution in [0.1, 0.15) is 17.7 Å². The van der Waals surface area contributed by atoms with Gasteiger partial charge in [0.15, 0.2) is 5.65 Å². The van der Waals surface area contributed by atoms with E-state index in [0.29, 0.717) is 18.7 Å². The lowest BCUT2D eigenvalue weighted by Gasteiger charge is -2.38. The molecule has 9 nitrogen and oxygen atoms in total. The number of carboxylic acid groups (broad SMARTS) is 1. The predicted octanol–water partition coefficient (Wildman–Crippen LogP) is 2.87. The number of hydrogen-bond donors (Lipinski definition) is 2. The molecule has 3 aromatic rings. The van der Waals surface area contributed by atoms with E-state index in [4.69, 9.17) is 4.74 Å². The molecule has 1 unspecified atom stereocenters. The van der Waals surface area contributed by atoms with E-state index in [1.54, 1.807) is 35.4 Å². The number of nitrogens with zero attached hydrogens (tertiary/aromatic N) is 3. The Balaban J connectivity index is 1.23. The lowest BCUT2D eigenvalue weighted by molar-refractivity contribution is -0.145. The number of fused-ring (bicyclic) bond motifs is 1. The van der Waals surface area contributed by atoms with Gasteiger partial charge in [-0.05, 0) is 35.9 Å². The SMILES string of the molecule is O=C(NC(CC(=O)N1CC(C=Cc2ccc3cccnc3n2)C1)C(=O)O)OCc1ccccc1. The van der Waals surface area contributed by atoms with Crippen LogP contribution in [0.15, 0.2) is 66.9 Å². The van der Waals surface area contributed by atoms with Gasteiger partial charge in [-0.3, -0.25) is 4.79 Å². The fraction of sp³-hybridized carbons (Fsp3) is 0.240. The molecule has 2 aromatic heterocycles. The fourth-order valence-corrected chi connectivity index (χ4v) is 3.54. The third-order valence-corrected chi connectivity index (χ3v) is 5.47. The van der Waals surface area contributed by atoms with Gasteiger partial charge in [-0.2, -0.15) is 0 Å². The average Bonchev–Trinajstić information content (AvgIpc) is 2.82. The zero-order valence-corrected chi connectivity index (χ0v) is 18.3. The summed E-state index contributed by atoms with van der Waals surface area (Å²) in [7, 11) is 0. The standard InChI is InChI=1S/C25H24N4O5/c30-22(13-21(24(31)32)28-25(33)34-16-17-5-2-1-3-6-17)29-14-18(15-29)8-10-20-11-9-19-7-4-12-26-23(19)27-20/h1-12,18,21H,13-16H2,(H,28,33)(H,31,32). The van der Waals surface area contributed by atoms with Crippen LogP contribution in [0.5, 0.6) is 0 Å². The minimum Gasteiger partial charge on any atom is -0.480 e. The van der Waals surface area contributed by atoms with Crippen LogP contribution in [0.2, 0.25) is 0 Å². The summed E-state index contributed by atoms with van der Waals surface area (Å²) in [5, 5.41) is 12.6. The Kier molecular flexibility index (Phi) is 7.12. The first-order valence-corrected chi connectivity index (χ1v) is 10.9. The molecular formula is C25H24N4O5. The maximum atomic E-state index is 12.5. The molecule has 1 fully saturated rings. The van der Waals surface area contributed by atoms with Crippen LogP contribution < -0.4 is 5.32 Å². The van der Waals surface area contributed by atoms with Crippen molar-refractivity contribution in [1.82, 2.24) is 20.2 Å². The summed E-state index contributed by atoms with van der Waals surface area (Å²) >= 11 is 0. The number of carbonyl (C=O) groups excluding carboxylic acids is 2. The lowest BCUT2D eigenvalue weighted by atomic mass is 9.98. The van der Waals surface area contributed by atoms with Gasteiger partial charge in [0.25, 0.3) is 0 Å². The molecule has 2 amide bonds. The first kappa shape index (κ1) is 22.9. The highest BCUT2D eigenvalue weighted by Gasteiger charge is 2.32. The molecule has 3 heterocycles. The smallest absolute Gasteiger partial charge is 0.408 e. The van der Waals surface area contributed by atoms with Crippen molar-refractivity contribution in [3.63, 3.8) is 0 Å². The fourth-order valence-electron chi connectivity index (χ4n) is 3.54. The van der Waals surface area contributed by atoms with Crippen LogP contribution >= 0.6 is 0 Å². The van der Waals surface area contributed by atoms with Crippen molar-refractivity contribution in [2.45, 2.75) is 19.1 Å². The van der Waals surface area contributed by atoms with Gasteiger partial charge >= 0.3 is 12.1 Å². The number of benzene rings is 1. The monoisotopic (exact) mass is 460 g/mol. The Hall–Kier alpha value is -4.27. The van der Waals surface area contributed by atoms with Gasteiger partial charge < -0.3 is 20.1 Å². The molecule has 0 saturated carbocycles. The summed E-state index contributed by atoms with van der Waals surface area (Å²) in [6, 6.07) is 15.3. The van der Waals surface area contributed by atoms with Crippen LogP contribution in [0.4, 0.5) is 4.79 Å². The molecule has 0 radical (unpaired) electrons. The van der Waals surface area contributed by atoms with Crippen molar-refractivity contribution in [3.05, 3.63) is 78.1 Å². The number of carbonyl (C=O) groups is 3. The van der Waals surface area contributed by atoms with E-state index in [-0.39, 0.29) is 24.9 Å². The Morgan fingerprint density at radius 3 is 2.68 bits per heavy atom. The second kappa shape index (κ2) is 10.6. The number of amides is 2. The number of carboxylic acids is 1. The topological polar surface area (TPSA) is 122 Å². The van der Waals surface area contributed by atoms with E-state index in [0.717, 1.165) is 16.6 Å². The van der Waals surface area contributed by atoms with Gasteiger partial charge in [0.1, 0.15) is 12.6 Å². The van der Waals surface area contributed by atoms with Crippen molar-refractivity contribution < 1.29 is 24.2 Å². The highest BCUT2D eigenvalue weighted by Crippen LogP contribution is 2.20. The maximum Gasteiger partial charge on any atom is 0.408 e. The second-order valence-corrected chi connectivity index (χ2v) is 8.01. The largest absolute Gasteiger partial charge is 0.480 e. The van der Waals surface area contributed by atoms with Gasteiger partial charge in [-0.25, -0.2) is 19.6 Å². The van der Waals surface area contributed by atoms with E-state index < -0.39 is 18.1 Å². The number of aliphatic carboxylic acids is 1. The number of ether oxygens (including phenoxy) is 1. The van der Waals surface area contributed by atoms with Crippen molar-refractivity contribution in [3.8, 4) is 0 Å². The van der Waals surface area contributed by atoms with E-state index in [9.17, 15) is 19.5 Å². The van der Waals surface area contributed by atoms with Crippen LogP contribution in [0.3, 0.4) is 0 Å². The predicted molar refractivity (Wildman–Crippen MR) is 124 cm³/mol. The van der Waals surface area contributed by atoms with Crippen molar-refractivity contribution in [2.24, 2.45) is 5.92 Å². The Bertz CT molecular complexity index is 1210. The zero-order chi connectivity index (χ0) is 23.9.